The molecule has 24 heavy (non-hydrogen) atoms. The van der Waals surface area contributed by atoms with E-state index in [4.69, 9.17) is 9.47 Å². The van der Waals surface area contributed by atoms with E-state index in [2.05, 4.69) is 11.9 Å². The van der Waals surface area contributed by atoms with Gasteiger partial charge in [-0.2, -0.15) is 0 Å². The van der Waals surface area contributed by atoms with Crippen molar-refractivity contribution in [2.45, 2.75) is 44.7 Å². The number of piperidine rings is 1. The highest BCUT2D eigenvalue weighted by atomic mass is 16.5. The van der Waals surface area contributed by atoms with Crippen LogP contribution in [0, 0.1) is 0 Å². The molecule has 1 saturated heterocycles. The molecular formula is C19H28N2O3. The minimum Gasteiger partial charge on any atom is -0.493 e. The van der Waals surface area contributed by atoms with Crippen molar-refractivity contribution >= 4 is 5.91 Å². The van der Waals surface area contributed by atoms with Crippen LogP contribution in [0.5, 0.6) is 11.5 Å². The Labute approximate surface area is 144 Å². The van der Waals surface area contributed by atoms with Crippen LogP contribution >= 0.6 is 0 Å². The van der Waals surface area contributed by atoms with Gasteiger partial charge in [0.2, 0.25) is 5.91 Å². The summed E-state index contributed by atoms with van der Waals surface area (Å²) in [6.07, 6.45) is 5.14. The number of carbonyl (C=O) groups excluding carboxylic acids is 1. The van der Waals surface area contributed by atoms with E-state index in [1.807, 2.05) is 17.0 Å². The number of hydrogen-bond donors (Lipinski definition) is 0. The van der Waals surface area contributed by atoms with Gasteiger partial charge in [-0.05, 0) is 56.1 Å². The fourth-order valence-electron chi connectivity index (χ4n) is 3.83. The standard InChI is InChI=1S/C19H28N2O3/c1-20-8-5-4-6-16(20)12-19(22)21-9-7-14-10-17(23-2)18(24-3)11-15(14)13-21/h10-11,16H,4-9,12-13H2,1-3H3. The summed E-state index contributed by atoms with van der Waals surface area (Å²) in [6.45, 7) is 2.57. The Balaban J connectivity index is 1.68. The van der Waals surface area contributed by atoms with Gasteiger partial charge in [-0.1, -0.05) is 6.42 Å². The molecule has 132 valence electrons. The number of ether oxygens (including phenoxy) is 2. The van der Waals surface area contributed by atoms with Gasteiger partial charge in [0.1, 0.15) is 0 Å². The molecule has 0 N–H and O–H groups in total. The van der Waals surface area contributed by atoms with E-state index >= 15 is 0 Å². The van der Waals surface area contributed by atoms with Crippen molar-refractivity contribution in [3.63, 3.8) is 0 Å². The molecule has 0 spiro atoms. The first-order valence-corrected chi connectivity index (χ1v) is 8.84. The molecule has 0 aliphatic carbocycles. The summed E-state index contributed by atoms with van der Waals surface area (Å²) in [5, 5.41) is 0. The van der Waals surface area contributed by atoms with Gasteiger partial charge in [0, 0.05) is 25.6 Å². The first-order valence-electron chi connectivity index (χ1n) is 8.84. The van der Waals surface area contributed by atoms with Crippen LogP contribution in [-0.4, -0.2) is 56.1 Å². The van der Waals surface area contributed by atoms with Crippen LogP contribution in [0.3, 0.4) is 0 Å². The molecule has 0 radical (unpaired) electrons. The quantitative estimate of drug-likeness (QED) is 0.849. The van der Waals surface area contributed by atoms with E-state index in [1.54, 1.807) is 14.2 Å². The van der Waals surface area contributed by atoms with Gasteiger partial charge in [0.05, 0.1) is 14.2 Å². The average Bonchev–Trinajstić information content (AvgIpc) is 2.61. The van der Waals surface area contributed by atoms with Gasteiger partial charge in [0.15, 0.2) is 11.5 Å². The van der Waals surface area contributed by atoms with Crippen LogP contribution in [0.15, 0.2) is 12.1 Å². The molecule has 1 fully saturated rings. The largest absolute Gasteiger partial charge is 0.493 e. The van der Waals surface area contributed by atoms with Crippen LogP contribution < -0.4 is 9.47 Å². The summed E-state index contributed by atoms with van der Waals surface area (Å²) in [5.41, 5.74) is 2.43. The lowest BCUT2D eigenvalue weighted by Gasteiger charge is -2.35. The Morgan fingerprint density at radius 3 is 2.50 bits per heavy atom. The van der Waals surface area contributed by atoms with Crippen molar-refractivity contribution in [2.24, 2.45) is 0 Å². The number of fused-ring (bicyclic) bond motifs is 1. The molecule has 5 nitrogen and oxygen atoms in total. The van der Waals surface area contributed by atoms with Gasteiger partial charge in [-0.3, -0.25) is 4.79 Å². The van der Waals surface area contributed by atoms with Crippen LogP contribution in [0.2, 0.25) is 0 Å². The van der Waals surface area contributed by atoms with Crippen molar-refractivity contribution in [3.8, 4) is 11.5 Å². The molecule has 1 unspecified atom stereocenters. The molecule has 5 heteroatoms. The summed E-state index contributed by atoms with van der Waals surface area (Å²) >= 11 is 0. The maximum Gasteiger partial charge on any atom is 0.224 e. The number of hydrogen-bond acceptors (Lipinski definition) is 4. The van der Waals surface area contributed by atoms with Crippen LogP contribution in [-0.2, 0) is 17.8 Å². The fourth-order valence-corrected chi connectivity index (χ4v) is 3.83. The molecule has 1 atom stereocenters. The number of rotatable bonds is 4. The van der Waals surface area contributed by atoms with Crippen LogP contribution in [0.1, 0.15) is 36.8 Å². The predicted octanol–water partition coefficient (Wildman–Crippen LogP) is 2.46. The monoisotopic (exact) mass is 332 g/mol. The molecule has 2 heterocycles. The Hall–Kier alpha value is -1.75. The SMILES string of the molecule is COc1cc2c(cc1OC)CN(C(=O)CC1CCCCN1C)CC2. The molecule has 0 saturated carbocycles. The molecule has 0 aromatic heterocycles. The minimum atomic E-state index is 0.272. The van der Waals surface area contributed by atoms with Crippen molar-refractivity contribution in [3.05, 3.63) is 23.3 Å². The lowest BCUT2D eigenvalue weighted by Crippen LogP contribution is -2.43. The maximum absolute atomic E-state index is 12.7. The zero-order chi connectivity index (χ0) is 17.1. The molecule has 2 aliphatic heterocycles. The highest BCUT2D eigenvalue weighted by Gasteiger charge is 2.27. The van der Waals surface area contributed by atoms with E-state index < -0.39 is 0 Å². The smallest absolute Gasteiger partial charge is 0.224 e. The van der Waals surface area contributed by atoms with Crippen molar-refractivity contribution in [2.75, 3.05) is 34.4 Å². The topological polar surface area (TPSA) is 42.0 Å². The third-order valence-electron chi connectivity index (χ3n) is 5.40. The second-order valence-electron chi connectivity index (χ2n) is 6.88. The van der Waals surface area contributed by atoms with Crippen molar-refractivity contribution in [1.82, 2.24) is 9.80 Å². The highest BCUT2D eigenvalue weighted by Crippen LogP contribution is 2.33. The van der Waals surface area contributed by atoms with E-state index in [0.29, 0.717) is 19.0 Å². The zero-order valence-electron chi connectivity index (χ0n) is 15.0. The van der Waals surface area contributed by atoms with Crippen LogP contribution in [0.25, 0.3) is 0 Å². The number of methoxy groups -OCH3 is 2. The average molecular weight is 332 g/mol. The first-order chi connectivity index (χ1) is 11.6. The number of amides is 1. The maximum atomic E-state index is 12.7. The Morgan fingerprint density at radius 1 is 1.12 bits per heavy atom. The fraction of sp³-hybridized carbons (Fsp3) is 0.632. The summed E-state index contributed by atoms with van der Waals surface area (Å²) in [5.74, 6) is 1.77. The van der Waals surface area contributed by atoms with E-state index in [0.717, 1.165) is 37.4 Å². The Morgan fingerprint density at radius 2 is 1.83 bits per heavy atom. The molecule has 1 aromatic carbocycles. The summed E-state index contributed by atoms with van der Waals surface area (Å²) in [6, 6.07) is 4.46. The summed E-state index contributed by atoms with van der Waals surface area (Å²) < 4.78 is 10.8. The van der Waals surface area contributed by atoms with Gasteiger partial charge in [-0.15, -0.1) is 0 Å². The van der Waals surface area contributed by atoms with E-state index in [-0.39, 0.29) is 5.91 Å². The lowest BCUT2D eigenvalue weighted by atomic mass is 9.96. The number of likely N-dealkylation sites (tertiary alicyclic amines) is 1. The second-order valence-corrected chi connectivity index (χ2v) is 6.88. The molecule has 3 rings (SSSR count). The van der Waals surface area contributed by atoms with Crippen molar-refractivity contribution < 1.29 is 14.3 Å². The third kappa shape index (κ3) is 3.51. The van der Waals surface area contributed by atoms with Gasteiger partial charge < -0.3 is 19.3 Å². The van der Waals surface area contributed by atoms with Gasteiger partial charge in [-0.25, -0.2) is 0 Å². The minimum absolute atomic E-state index is 0.272. The van der Waals surface area contributed by atoms with Crippen molar-refractivity contribution in [1.29, 1.82) is 0 Å². The lowest BCUT2D eigenvalue weighted by molar-refractivity contribution is -0.133. The molecule has 1 aromatic rings. The van der Waals surface area contributed by atoms with Gasteiger partial charge >= 0.3 is 0 Å². The first kappa shape index (κ1) is 17.1. The Kier molecular flexibility index (Phi) is 5.29. The van der Waals surface area contributed by atoms with E-state index in [1.165, 1.54) is 24.0 Å². The third-order valence-corrected chi connectivity index (χ3v) is 5.40. The molecular weight excluding hydrogens is 304 g/mol. The molecule has 2 aliphatic rings. The number of carbonyl (C=O) groups is 1. The predicted molar refractivity (Wildman–Crippen MR) is 93.6 cm³/mol. The number of nitrogens with zero attached hydrogens (tertiary/aromatic N) is 2. The molecule has 0 bridgehead atoms. The van der Waals surface area contributed by atoms with Crippen LogP contribution in [0.4, 0.5) is 0 Å². The zero-order valence-corrected chi connectivity index (χ0v) is 15.0. The second kappa shape index (κ2) is 7.43. The highest BCUT2D eigenvalue weighted by molar-refractivity contribution is 5.77. The summed E-state index contributed by atoms with van der Waals surface area (Å²) in [4.78, 5) is 17.1. The van der Waals surface area contributed by atoms with Gasteiger partial charge in [0.25, 0.3) is 0 Å². The normalized spacial score (nSPS) is 21.3. The summed E-state index contributed by atoms with van der Waals surface area (Å²) in [7, 11) is 5.44. The van der Waals surface area contributed by atoms with E-state index in [9.17, 15) is 4.79 Å². The Bertz CT molecular complexity index is 603. The number of benzene rings is 1. The molecule has 1 amide bonds.